The summed E-state index contributed by atoms with van der Waals surface area (Å²) in [5.41, 5.74) is 1.75. The van der Waals surface area contributed by atoms with Gasteiger partial charge >= 0.3 is 0 Å². The summed E-state index contributed by atoms with van der Waals surface area (Å²) in [6.07, 6.45) is 2.44. The largest absolute Gasteiger partial charge is 0.394 e. The van der Waals surface area contributed by atoms with Crippen molar-refractivity contribution in [3.05, 3.63) is 29.3 Å². The number of benzene rings is 1. The Balaban J connectivity index is 2.19. The Morgan fingerprint density at radius 2 is 2.05 bits per heavy atom. The van der Waals surface area contributed by atoms with Gasteiger partial charge in [-0.15, -0.1) is 0 Å². The fraction of sp³-hybridized carbons (Fsp3) is 0.500. The molecule has 1 heterocycles. The number of carbonyl (C=O) groups excluding carboxylic acids is 2. The highest BCUT2D eigenvalue weighted by molar-refractivity contribution is 5.98. The number of fused-ring (bicyclic) bond motifs is 1. The van der Waals surface area contributed by atoms with Gasteiger partial charge in [-0.05, 0) is 43.0 Å². The monoisotopic (exact) mass is 290 g/mol. The topological polar surface area (TPSA) is 78.4 Å². The normalized spacial score (nSPS) is 14.3. The second-order valence-corrected chi connectivity index (χ2v) is 5.52. The molecule has 21 heavy (non-hydrogen) atoms. The molecule has 0 aromatic heterocycles. The number of rotatable bonds is 5. The maximum Gasteiger partial charge on any atom is 0.251 e. The molecule has 0 fully saturated rings. The molecule has 0 atom stereocenters. The van der Waals surface area contributed by atoms with Gasteiger partial charge in [0.05, 0.1) is 12.1 Å². The zero-order chi connectivity index (χ0) is 15.5. The van der Waals surface area contributed by atoms with Crippen molar-refractivity contribution in [3.63, 3.8) is 0 Å². The molecule has 5 heteroatoms. The SMILES string of the molecule is CCC(CC)(CO)NC(=O)c1ccc2c(c1)CCC(=O)N2. The zero-order valence-corrected chi connectivity index (χ0v) is 12.5. The third-order valence-electron chi connectivity index (χ3n) is 4.30. The Bertz CT molecular complexity index is 542. The minimum Gasteiger partial charge on any atom is -0.394 e. The molecule has 5 nitrogen and oxygen atoms in total. The van der Waals surface area contributed by atoms with Crippen molar-refractivity contribution in [2.45, 2.75) is 45.1 Å². The van der Waals surface area contributed by atoms with E-state index in [0.717, 1.165) is 11.3 Å². The molecule has 1 aliphatic rings. The van der Waals surface area contributed by atoms with Crippen molar-refractivity contribution in [1.29, 1.82) is 0 Å². The number of hydrogen-bond donors (Lipinski definition) is 3. The number of aliphatic hydroxyl groups is 1. The van der Waals surface area contributed by atoms with E-state index in [0.29, 0.717) is 31.2 Å². The van der Waals surface area contributed by atoms with Crippen LogP contribution < -0.4 is 10.6 Å². The summed E-state index contributed by atoms with van der Waals surface area (Å²) in [5.74, 6) is -0.177. The summed E-state index contributed by atoms with van der Waals surface area (Å²) >= 11 is 0. The second-order valence-electron chi connectivity index (χ2n) is 5.52. The fourth-order valence-electron chi connectivity index (χ4n) is 2.53. The van der Waals surface area contributed by atoms with Gasteiger partial charge in [-0.2, -0.15) is 0 Å². The van der Waals surface area contributed by atoms with E-state index in [2.05, 4.69) is 10.6 Å². The van der Waals surface area contributed by atoms with Crippen LogP contribution in [0.5, 0.6) is 0 Å². The molecular weight excluding hydrogens is 268 g/mol. The van der Waals surface area contributed by atoms with Crippen molar-refractivity contribution < 1.29 is 14.7 Å². The average molecular weight is 290 g/mol. The average Bonchev–Trinajstić information content (AvgIpc) is 2.52. The lowest BCUT2D eigenvalue weighted by Crippen LogP contribution is -2.50. The van der Waals surface area contributed by atoms with Gasteiger partial charge in [0.15, 0.2) is 0 Å². The first-order valence-electron chi connectivity index (χ1n) is 7.39. The first-order valence-corrected chi connectivity index (χ1v) is 7.39. The first kappa shape index (κ1) is 15.5. The predicted molar refractivity (Wildman–Crippen MR) is 81.3 cm³/mol. The lowest BCUT2D eigenvalue weighted by atomic mass is 9.93. The van der Waals surface area contributed by atoms with Gasteiger partial charge < -0.3 is 15.7 Å². The summed E-state index contributed by atoms with van der Waals surface area (Å²) in [5, 5.41) is 15.3. The third-order valence-corrected chi connectivity index (χ3v) is 4.30. The standard InChI is InChI=1S/C16H22N2O3/c1-3-16(4-2,10-19)18-15(21)12-5-7-13-11(9-12)6-8-14(20)17-13/h5,7,9,19H,3-4,6,8,10H2,1-2H3,(H,17,20)(H,18,21). The molecular formula is C16H22N2O3. The summed E-state index contributed by atoms with van der Waals surface area (Å²) in [6, 6.07) is 5.28. The van der Waals surface area contributed by atoms with Crippen molar-refractivity contribution in [2.75, 3.05) is 11.9 Å². The number of aliphatic hydroxyl groups excluding tert-OH is 1. The van der Waals surface area contributed by atoms with Crippen LogP contribution in [0.15, 0.2) is 18.2 Å². The summed E-state index contributed by atoms with van der Waals surface area (Å²) < 4.78 is 0. The second kappa shape index (κ2) is 6.26. The van der Waals surface area contributed by atoms with Crippen LogP contribution in [-0.2, 0) is 11.2 Å². The van der Waals surface area contributed by atoms with E-state index in [1.54, 1.807) is 12.1 Å². The van der Waals surface area contributed by atoms with Gasteiger partial charge in [0.1, 0.15) is 0 Å². The van der Waals surface area contributed by atoms with Gasteiger partial charge in [-0.3, -0.25) is 9.59 Å². The van der Waals surface area contributed by atoms with Gasteiger partial charge in [-0.25, -0.2) is 0 Å². The molecule has 3 N–H and O–H groups in total. The highest BCUT2D eigenvalue weighted by Crippen LogP contribution is 2.24. The fourth-order valence-corrected chi connectivity index (χ4v) is 2.53. The van der Waals surface area contributed by atoms with Crippen LogP contribution >= 0.6 is 0 Å². The lowest BCUT2D eigenvalue weighted by molar-refractivity contribution is -0.116. The van der Waals surface area contributed by atoms with Crippen LogP contribution in [0.2, 0.25) is 0 Å². The molecule has 0 bridgehead atoms. The highest BCUT2D eigenvalue weighted by atomic mass is 16.3. The molecule has 0 saturated carbocycles. The Labute approximate surface area is 124 Å². The van der Waals surface area contributed by atoms with Gasteiger partial charge in [0, 0.05) is 17.7 Å². The van der Waals surface area contributed by atoms with E-state index in [4.69, 9.17) is 0 Å². The third kappa shape index (κ3) is 3.24. The quantitative estimate of drug-likeness (QED) is 0.774. The van der Waals surface area contributed by atoms with E-state index < -0.39 is 5.54 Å². The Hall–Kier alpha value is -1.88. The molecule has 1 aromatic carbocycles. The molecule has 0 spiro atoms. The van der Waals surface area contributed by atoms with Crippen molar-refractivity contribution in [1.82, 2.24) is 5.32 Å². The van der Waals surface area contributed by atoms with E-state index in [9.17, 15) is 14.7 Å². The number of amides is 2. The van der Waals surface area contributed by atoms with Crippen molar-refractivity contribution in [2.24, 2.45) is 0 Å². The summed E-state index contributed by atoms with van der Waals surface area (Å²) in [6.45, 7) is 3.82. The maximum atomic E-state index is 12.4. The van der Waals surface area contributed by atoms with Crippen LogP contribution in [0, 0.1) is 0 Å². The molecule has 2 amide bonds. The molecule has 1 aromatic rings. The molecule has 114 valence electrons. The van der Waals surface area contributed by atoms with Crippen LogP contribution in [0.25, 0.3) is 0 Å². The van der Waals surface area contributed by atoms with E-state index in [1.165, 1.54) is 0 Å². The van der Waals surface area contributed by atoms with Crippen molar-refractivity contribution >= 4 is 17.5 Å². The molecule has 1 aliphatic heterocycles. The number of hydrogen-bond acceptors (Lipinski definition) is 3. The number of carbonyl (C=O) groups is 2. The van der Waals surface area contributed by atoms with E-state index in [-0.39, 0.29) is 18.4 Å². The van der Waals surface area contributed by atoms with Gasteiger partial charge in [-0.1, -0.05) is 13.8 Å². The smallest absolute Gasteiger partial charge is 0.251 e. The van der Waals surface area contributed by atoms with E-state index in [1.807, 2.05) is 19.9 Å². The van der Waals surface area contributed by atoms with Crippen LogP contribution in [0.1, 0.15) is 49.0 Å². The molecule has 0 saturated heterocycles. The highest BCUT2D eigenvalue weighted by Gasteiger charge is 2.28. The summed E-state index contributed by atoms with van der Waals surface area (Å²) in [7, 11) is 0. The number of aryl methyl sites for hydroxylation is 1. The molecule has 0 aliphatic carbocycles. The lowest BCUT2D eigenvalue weighted by Gasteiger charge is -2.31. The Morgan fingerprint density at radius 1 is 1.33 bits per heavy atom. The predicted octanol–water partition coefficient (Wildman–Crippen LogP) is 1.85. The van der Waals surface area contributed by atoms with E-state index >= 15 is 0 Å². The van der Waals surface area contributed by atoms with Gasteiger partial charge in [0.2, 0.25) is 5.91 Å². The number of nitrogens with one attached hydrogen (secondary N) is 2. The number of anilines is 1. The minimum atomic E-state index is -0.568. The Kier molecular flexibility index (Phi) is 4.63. The van der Waals surface area contributed by atoms with Crippen molar-refractivity contribution in [3.8, 4) is 0 Å². The van der Waals surface area contributed by atoms with Crippen LogP contribution in [-0.4, -0.2) is 29.1 Å². The summed E-state index contributed by atoms with van der Waals surface area (Å²) in [4.78, 5) is 23.7. The minimum absolute atomic E-state index is 0.0102. The van der Waals surface area contributed by atoms with Gasteiger partial charge in [0.25, 0.3) is 5.91 Å². The zero-order valence-electron chi connectivity index (χ0n) is 12.5. The molecule has 2 rings (SSSR count). The van der Waals surface area contributed by atoms with Crippen LogP contribution in [0.4, 0.5) is 5.69 Å². The molecule has 0 unspecified atom stereocenters. The molecule has 0 radical (unpaired) electrons. The Morgan fingerprint density at radius 3 is 2.67 bits per heavy atom. The maximum absolute atomic E-state index is 12.4. The first-order chi connectivity index (χ1) is 10.0. The van der Waals surface area contributed by atoms with Crippen LogP contribution in [0.3, 0.4) is 0 Å².